The van der Waals surface area contributed by atoms with Crippen molar-refractivity contribution >= 4 is 11.8 Å². The van der Waals surface area contributed by atoms with Crippen LogP contribution in [0.2, 0.25) is 0 Å². The molecule has 0 bridgehead atoms. The molecule has 1 rings (SSSR count). The van der Waals surface area contributed by atoms with Gasteiger partial charge < -0.3 is 5.32 Å². The first-order chi connectivity index (χ1) is 7.22. The molecule has 1 heterocycles. The molecule has 4 N–H and O–H groups in total. The van der Waals surface area contributed by atoms with Crippen LogP contribution in [0.1, 0.15) is 26.7 Å². The van der Waals surface area contributed by atoms with Gasteiger partial charge in [0.15, 0.2) is 0 Å². The molecule has 0 atom stereocenters. The van der Waals surface area contributed by atoms with Crippen LogP contribution in [0.4, 0.5) is 11.8 Å². The number of nitrogens with two attached hydrogens (primary N) is 1. The minimum Gasteiger partial charge on any atom is -0.370 e. The lowest BCUT2D eigenvalue weighted by molar-refractivity contribution is 0.566. The van der Waals surface area contributed by atoms with Gasteiger partial charge in [0, 0.05) is 12.7 Å². The van der Waals surface area contributed by atoms with E-state index in [4.69, 9.17) is 5.84 Å². The minimum atomic E-state index is 0.434. The second-order valence-electron chi connectivity index (χ2n) is 3.87. The van der Waals surface area contributed by atoms with E-state index < -0.39 is 0 Å². The molecule has 0 aromatic carbocycles. The zero-order valence-electron chi connectivity index (χ0n) is 9.33. The highest BCUT2D eigenvalue weighted by atomic mass is 15.3. The van der Waals surface area contributed by atoms with Gasteiger partial charge in [0.2, 0.25) is 5.95 Å². The number of hydrogen-bond donors (Lipinski definition) is 3. The molecule has 0 saturated carbocycles. The molecule has 0 spiro atoms. The highest BCUT2D eigenvalue weighted by Gasteiger charge is 1.97. The van der Waals surface area contributed by atoms with Gasteiger partial charge in [-0.1, -0.05) is 13.8 Å². The molecule has 0 radical (unpaired) electrons. The Kier molecular flexibility index (Phi) is 4.83. The number of anilines is 2. The Bertz CT molecular complexity index is 287. The third kappa shape index (κ3) is 4.60. The molecule has 1 aromatic rings. The van der Waals surface area contributed by atoms with E-state index >= 15 is 0 Å². The first kappa shape index (κ1) is 11.7. The maximum atomic E-state index is 5.21. The van der Waals surface area contributed by atoms with Gasteiger partial charge in [-0.15, -0.1) is 0 Å². The number of nitrogens with one attached hydrogen (secondary N) is 2. The highest BCUT2D eigenvalue weighted by molar-refractivity contribution is 5.38. The van der Waals surface area contributed by atoms with Gasteiger partial charge in [0.25, 0.3) is 0 Å². The Morgan fingerprint density at radius 2 is 2.27 bits per heavy atom. The lowest BCUT2D eigenvalue weighted by Crippen LogP contribution is -2.12. The van der Waals surface area contributed by atoms with Crippen molar-refractivity contribution < 1.29 is 0 Å². The van der Waals surface area contributed by atoms with Crippen LogP contribution < -0.4 is 16.6 Å². The van der Waals surface area contributed by atoms with E-state index in [0.29, 0.717) is 5.95 Å². The number of nitrogen functional groups attached to an aromatic ring is 1. The monoisotopic (exact) mass is 209 g/mol. The van der Waals surface area contributed by atoms with Gasteiger partial charge in [-0.2, -0.15) is 4.98 Å². The summed E-state index contributed by atoms with van der Waals surface area (Å²) in [5.74, 6) is 7.20. The summed E-state index contributed by atoms with van der Waals surface area (Å²) in [7, 11) is 0. The molecule has 0 amide bonds. The van der Waals surface area contributed by atoms with Crippen LogP contribution in [0.5, 0.6) is 0 Å². The van der Waals surface area contributed by atoms with Crippen molar-refractivity contribution in [1.29, 1.82) is 0 Å². The largest absolute Gasteiger partial charge is 0.370 e. The topological polar surface area (TPSA) is 75.9 Å². The van der Waals surface area contributed by atoms with Crippen molar-refractivity contribution in [2.24, 2.45) is 11.8 Å². The number of nitrogens with zero attached hydrogens (tertiary/aromatic N) is 2. The summed E-state index contributed by atoms with van der Waals surface area (Å²) in [4.78, 5) is 8.08. The molecule has 5 nitrogen and oxygen atoms in total. The Balaban J connectivity index is 2.30. The van der Waals surface area contributed by atoms with E-state index in [1.807, 2.05) is 6.07 Å². The van der Waals surface area contributed by atoms with Crippen molar-refractivity contribution in [1.82, 2.24) is 9.97 Å². The second kappa shape index (κ2) is 6.19. The molecule has 0 aliphatic rings. The van der Waals surface area contributed by atoms with Crippen LogP contribution in [-0.4, -0.2) is 16.5 Å². The summed E-state index contributed by atoms with van der Waals surface area (Å²) in [6.07, 6.45) is 4.04. The summed E-state index contributed by atoms with van der Waals surface area (Å²) in [6, 6.07) is 1.83. The number of hydrazine groups is 1. The van der Waals surface area contributed by atoms with Gasteiger partial charge in [-0.3, -0.25) is 5.43 Å². The van der Waals surface area contributed by atoms with Crippen LogP contribution in [0.25, 0.3) is 0 Å². The molecule has 15 heavy (non-hydrogen) atoms. The maximum absolute atomic E-state index is 5.21. The number of rotatable bonds is 6. The van der Waals surface area contributed by atoms with Crippen molar-refractivity contribution in [3.05, 3.63) is 12.3 Å². The number of aromatic nitrogens is 2. The molecule has 0 aliphatic carbocycles. The summed E-state index contributed by atoms with van der Waals surface area (Å²) >= 11 is 0. The number of hydrogen-bond acceptors (Lipinski definition) is 5. The molecular formula is C10H19N5. The normalized spacial score (nSPS) is 10.4. The van der Waals surface area contributed by atoms with Crippen LogP contribution in [0, 0.1) is 5.92 Å². The zero-order valence-corrected chi connectivity index (χ0v) is 9.33. The summed E-state index contributed by atoms with van der Waals surface area (Å²) in [6.45, 7) is 5.38. The Morgan fingerprint density at radius 3 is 2.93 bits per heavy atom. The smallest absolute Gasteiger partial charge is 0.239 e. The van der Waals surface area contributed by atoms with E-state index in [1.54, 1.807) is 6.20 Å². The van der Waals surface area contributed by atoms with Gasteiger partial charge in [-0.05, 0) is 24.8 Å². The van der Waals surface area contributed by atoms with E-state index in [2.05, 4.69) is 34.6 Å². The van der Waals surface area contributed by atoms with Crippen molar-refractivity contribution in [2.45, 2.75) is 26.7 Å². The second-order valence-corrected chi connectivity index (χ2v) is 3.87. The zero-order chi connectivity index (χ0) is 11.1. The van der Waals surface area contributed by atoms with Gasteiger partial charge in [0.1, 0.15) is 5.82 Å². The summed E-state index contributed by atoms with van der Waals surface area (Å²) in [5.41, 5.74) is 2.41. The van der Waals surface area contributed by atoms with Crippen molar-refractivity contribution in [2.75, 3.05) is 17.3 Å². The molecular weight excluding hydrogens is 190 g/mol. The predicted molar refractivity (Wildman–Crippen MR) is 62.4 cm³/mol. The van der Waals surface area contributed by atoms with Gasteiger partial charge in [0.05, 0.1) is 0 Å². The van der Waals surface area contributed by atoms with Crippen molar-refractivity contribution in [3.63, 3.8) is 0 Å². The SMILES string of the molecule is CC(C)CCCNc1ccnc(NN)n1. The third-order valence-corrected chi connectivity index (χ3v) is 2.05. The fourth-order valence-electron chi connectivity index (χ4n) is 1.25. The minimum absolute atomic E-state index is 0.434. The molecule has 1 aromatic heterocycles. The van der Waals surface area contributed by atoms with E-state index in [1.165, 1.54) is 6.42 Å². The third-order valence-electron chi connectivity index (χ3n) is 2.05. The quantitative estimate of drug-likeness (QED) is 0.377. The average molecular weight is 209 g/mol. The van der Waals surface area contributed by atoms with Crippen LogP contribution in [0.3, 0.4) is 0 Å². The molecule has 5 heteroatoms. The first-order valence-electron chi connectivity index (χ1n) is 5.26. The molecule has 0 fully saturated rings. The molecule has 84 valence electrons. The Morgan fingerprint density at radius 1 is 1.47 bits per heavy atom. The first-order valence-corrected chi connectivity index (χ1v) is 5.26. The average Bonchev–Trinajstić information content (AvgIpc) is 2.24. The lowest BCUT2D eigenvalue weighted by atomic mass is 10.1. The fraction of sp³-hybridized carbons (Fsp3) is 0.600. The standard InChI is InChI=1S/C10H19N5/c1-8(2)4-3-6-12-9-5-7-13-10(14-9)15-11/h5,7-8H,3-4,6,11H2,1-2H3,(H2,12,13,14,15). The van der Waals surface area contributed by atoms with Crippen LogP contribution in [0.15, 0.2) is 12.3 Å². The maximum Gasteiger partial charge on any atom is 0.239 e. The van der Waals surface area contributed by atoms with Gasteiger partial charge in [-0.25, -0.2) is 10.8 Å². The highest BCUT2D eigenvalue weighted by Crippen LogP contribution is 2.06. The lowest BCUT2D eigenvalue weighted by Gasteiger charge is -2.07. The predicted octanol–water partition coefficient (Wildman–Crippen LogP) is 1.61. The van der Waals surface area contributed by atoms with Gasteiger partial charge >= 0.3 is 0 Å². The summed E-state index contributed by atoms with van der Waals surface area (Å²) in [5, 5.41) is 3.23. The van der Waals surface area contributed by atoms with E-state index in [0.717, 1.165) is 24.7 Å². The van der Waals surface area contributed by atoms with Crippen LogP contribution >= 0.6 is 0 Å². The molecule has 0 saturated heterocycles. The Hall–Kier alpha value is -1.36. The fourth-order valence-corrected chi connectivity index (χ4v) is 1.25. The van der Waals surface area contributed by atoms with Crippen molar-refractivity contribution in [3.8, 4) is 0 Å². The van der Waals surface area contributed by atoms with Crippen LogP contribution in [-0.2, 0) is 0 Å². The van der Waals surface area contributed by atoms with E-state index in [-0.39, 0.29) is 0 Å². The summed E-state index contributed by atoms with van der Waals surface area (Å²) < 4.78 is 0. The Labute approximate surface area is 90.5 Å². The molecule has 0 unspecified atom stereocenters. The molecule has 0 aliphatic heterocycles. The van der Waals surface area contributed by atoms with E-state index in [9.17, 15) is 0 Å².